The lowest BCUT2D eigenvalue weighted by molar-refractivity contribution is -0.145. The van der Waals surface area contributed by atoms with Crippen molar-refractivity contribution in [2.24, 2.45) is 0 Å². The van der Waals surface area contributed by atoms with Crippen LogP contribution >= 0.6 is 11.6 Å². The van der Waals surface area contributed by atoms with E-state index in [1.165, 1.54) is 23.6 Å². The number of amides is 1. The molecule has 0 saturated carbocycles. The third kappa shape index (κ3) is 5.36. The highest BCUT2D eigenvalue weighted by Gasteiger charge is 2.19. The Morgan fingerprint density at radius 2 is 1.93 bits per heavy atom. The molecule has 0 aliphatic rings. The molecule has 3 aromatic rings. The molecule has 1 unspecified atom stereocenters. The van der Waals surface area contributed by atoms with Crippen LogP contribution in [0.15, 0.2) is 53.5 Å². The second-order valence-electron chi connectivity index (χ2n) is 6.55. The first kappa shape index (κ1) is 21.3. The molecule has 1 atom stereocenters. The number of hydrogen-bond donors (Lipinski definition) is 1. The van der Waals surface area contributed by atoms with E-state index in [1.807, 2.05) is 0 Å². The predicted octanol–water partition coefficient (Wildman–Crippen LogP) is 2.67. The maximum absolute atomic E-state index is 12.4. The highest BCUT2D eigenvalue weighted by molar-refractivity contribution is 6.30. The summed E-state index contributed by atoms with van der Waals surface area (Å²) in [6.45, 7) is 1.21. The van der Waals surface area contributed by atoms with Gasteiger partial charge in [-0.25, -0.2) is 4.98 Å². The molecule has 0 radical (unpaired) electrons. The van der Waals surface area contributed by atoms with Crippen LogP contribution in [-0.2, 0) is 20.9 Å². The number of halogens is 1. The van der Waals surface area contributed by atoms with Crippen LogP contribution < -0.4 is 15.6 Å². The Morgan fingerprint density at radius 1 is 1.20 bits per heavy atom. The Bertz CT molecular complexity index is 1130. The lowest BCUT2D eigenvalue weighted by Crippen LogP contribution is -2.28. The van der Waals surface area contributed by atoms with Crippen molar-refractivity contribution in [3.05, 3.63) is 75.3 Å². The van der Waals surface area contributed by atoms with Crippen LogP contribution in [0.25, 0.3) is 5.65 Å². The number of ether oxygens (including phenoxy) is 2. The van der Waals surface area contributed by atoms with Gasteiger partial charge in [-0.1, -0.05) is 23.7 Å². The Morgan fingerprint density at radius 3 is 2.60 bits per heavy atom. The van der Waals surface area contributed by atoms with E-state index in [0.29, 0.717) is 22.1 Å². The number of nitrogens with zero attached hydrogens (tertiary/aromatic N) is 2. The molecule has 1 aromatic carbocycles. The molecule has 0 fully saturated rings. The first-order chi connectivity index (χ1) is 14.4. The minimum absolute atomic E-state index is 0.0753. The van der Waals surface area contributed by atoms with Crippen molar-refractivity contribution in [1.29, 1.82) is 0 Å². The van der Waals surface area contributed by atoms with Crippen LogP contribution in [0.4, 0.5) is 0 Å². The maximum atomic E-state index is 12.4. The molecule has 3 rings (SSSR count). The van der Waals surface area contributed by atoms with Crippen molar-refractivity contribution in [3.63, 3.8) is 0 Å². The summed E-state index contributed by atoms with van der Waals surface area (Å²) >= 11 is 5.89. The quantitative estimate of drug-likeness (QED) is 0.580. The molecule has 1 N–H and O–H groups in total. The van der Waals surface area contributed by atoms with Crippen LogP contribution in [0.2, 0.25) is 5.02 Å². The van der Waals surface area contributed by atoms with Gasteiger partial charge in [0.15, 0.2) is 0 Å². The maximum Gasteiger partial charge on any atom is 0.308 e. The third-order valence-electron chi connectivity index (χ3n) is 4.32. The predicted molar refractivity (Wildman–Crippen MR) is 110 cm³/mol. The van der Waals surface area contributed by atoms with E-state index in [0.717, 1.165) is 5.56 Å². The number of nitrogens with one attached hydrogen (secondary N) is 1. The average Bonchev–Trinajstić information content (AvgIpc) is 2.72. The van der Waals surface area contributed by atoms with Gasteiger partial charge in [-0.3, -0.25) is 18.8 Å². The van der Waals surface area contributed by atoms with E-state index in [4.69, 9.17) is 21.1 Å². The number of fused-ring (bicyclic) bond motifs is 1. The SMILES string of the molecule is COc1ccc(C(CC(=O)OCc2cc(=O)n3cc(Cl)ccc3n2)NC(C)=O)cc1. The summed E-state index contributed by atoms with van der Waals surface area (Å²) in [6.07, 6.45) is 1.39. The zero-order valence-corrected chi connectivity index (χ0v) is 17.2. The van der Waals surface area contributed by atoms with Gasteiger partial charge in [0.05, 0.1) is 30.3 Å². The molecule has 0 aliphatic carbocycles. The monoisotopic (exact) mass is 429 g/mol. The van der Waals surface area contributed by atoms with Crippen LogP contribution in [0.3, 0.4) is 0 Å². The van der Waals surface area contributed by atoms with Crippen molar-refractivity contribution in [2.75, 3.05) is 7.11 Å². The van der Waals surface area contributed by atoms with Gasteiger partial charge >= 0.3 is 5.97 Å². The summed E-state index contributed by atoms with van der Waals surface area (Å²) in [4.78, 5) is 40.4. The Hall–Kier alpha value is -3.39. The topological polar surface area (TPSA) is 99.0 Å². The molecule has 8 nitrogen and oxygen atoms in total. The summed E-state index contributed by atoms with van der Waals surface area (Å²) in [5, 5.41) is 3.15. The number of rotatable bonds is 7. The van der Waals surface area contributed by atoms with E-state index in [-0.39, 0.29) is 24.5 Å². The number of aromatic nitrogens is 2. The number of esters is 1. The van der Waals surface area contributed by atoms with E-state index in [2.05, 4.69) is 10.3 Å². The number of carbonyl (C=O) groups excluding carboxylic acids is 2. The molecule has 9 heteroatoms. The van der Waals surface area contributed by atoms with Crippen LogP contribution in [-0.4, -0.2) is 28.4 Å². The van der Waals surface area contributed by atoms with Crippen LogP contribution in [0.1, 0.15) is 30.6 Å². The van der Waals surface area contributed by atoms with E-state index in [1.54, 1.807) is 43.5 Å². The zero-order valence-electron chi connectivity index (χ0n) is 16.4. The summed E-state index contributed by atoms with van der Waals surface area (Å²) in [5.41, 5.74) is 1.12. The molecule has 0 saturated heterocycles. The number of pyridine rings is 1. The molecule has 0 bridgehead atoms. The molecule has 30 heavy (non-hydrogen) atoms. The van der Waals surface area contributed by atoms with Gasteiger partial charge in [-0.2, -0.15) is 0 Å². The van der Waals surface area contributed by atoms with Gasteiger partial charge in [-0.15, -0.1) is 0 Å². The zero-order chi connectivity index (χ0) is 21.7. The molecular formula is C21H20ClN3O5. The first-order valence-electron chi connectivity index (χ1n) is 9.10. The smallest absolute Gasteiger partial charge is 0.308 e. The van der Waals surface area contributed by atoms with Crippen molar-refractivity contribution >= 4 is 29.1 Å². The van der Waals surface area contributed by atoms with Gasteiger partial charge in [0.2, 0.25) is 5.91 Å². The molecule has 1 amide bonds. The highest BCUT2D eigenvalue weighted by Crippen LogP contribution is 2.21. The van der Waals surface area contributed by atoms with Gasteiger partial charge < -0.3 is 14.8 Å². The fourth-order valence-electron chi connectivity index (χ4n) is 2.91. The normalized spacial score (nSPS) is 11.7. The largest absolute Gasteiger partial charge is 0.497 e. The molecule has 0 aliphatic heterocycles. The molecule has 2 aromatic heterocycles. The number of benzene rings is 1. The lowest BCUT2D eigenvalue weighted by Gasteiger charge is -2.18. The third-order valence-corrected chi connectivity index (χ3v) is 4.55. The Balaban J connectivity index is 1.69. The van der Waals surface area contributed by atoms with Gasteiger partial charge in [0.25, 0.3) is 5.56 Å². The Labute approximate surface area is 177 Å². The van der Waals surface area contributed by atoms with E-state index < -0.39 is 12.0 Å². The minimum Gasteiger partial charge on any atom is -0.497 e. The first-order valence-corrected chi connectivity index (χ1v) is 9.48. The van der Waals surface area contributed by atoms with Crippen molar-refractivity contribution in [2.45, 2.75) is 26.0 Å². The molecule has 156 valence electrons. The summed E-state index contributed by atoms with van der Waals surface area (Å²) in [6, 6.07) is 11.0. The number of methoxy groups -OCH3 is 1. The fraction of sp³-hybridized carbons (Fsp3) is 0.238. The summed E-state index contributed by atoms with van der Waals surface area (Å²) < 4.78 is 11.7. The molecule has 0 spiro atoms. The molecular weight excluding hydrogens is 410 g/mol. The van der Waals surface area contributed by atoms with E-state index >= 15 is 0 Å². The van der Waals surface area contributed by atoms with Crippen LogP contribution in [0, 0.1) is 0 Å². The number of carbonyl (C=O) groups is 2. The number of hydrogen-bond acceptors (Lipinski definition) is 6. The van der Waals surface area contributed by atoms with Crippen molar-refractivity contribution in [1.82, 2.24) is 14.7 Å². The average molecular weight is 430 g/mol. The molecule has 2 heterocycles. The minimum atomic E-state index is -0.557. The summed E-state index contributed by atoms with van der Waals surface area (Å²) in [7, 11) is 1.55. The Kier molecular flexibility index (Phi) is 6.68. The fourth-order valence-corrected chi connectivity index (χ4v) is 3.07. The van der Waals surface area contributed by atoms with Gasteiger partial charge in [-0.05, 0) is 29.8 Å². The van der Waals surface area contributed by atoms with Gasteiger partial charge in [0, 0.05) is 19.2 Å². The standard InChI is InChI=1S/C21H20ClN3O5/c1-13(26)23-18(14-3-6-17(29-2)7-4-14)10-21(28)30-12-16-9-20(27)25-11-15(22)5-8-19(25)24-16/h3-9,11,18H,10,12H2,1-2H3,(H,23,26). The van der Waals surface area contributed by atoms with E-state index in [9.17, 15) is 14.4 Å². The highest BCUT2D eigenvalue weighted by atomic mass is 35.5. The lowest BCUT2D eigenvalue weighted by atomic mass is 10.0. The second-order valence-corrected chi connectivity index (χ2v) is 6.99. The van der Waals surface area contributed by atoms with Crippen molar-refractivity contribution < 1.29 is 19.1 Å². The second kappa shape index (κ2) is 9.41. The van der Waals surface area contributed by atoms with Gasteiger partial charge in [0.1, 0.15) is 18.0 Å². The summed E-state index contributed by atoms with van der Waals surface area (Å²) in [5.74, 6) is -0.146. The van der Waals surface area contributed by atoms with Crippen LogP contribution in [0.5, 0.6) is 5.75 Å². The van der Waals surface area contributed by atoms with Crippen molar-refractivity contribution in [3.8, 4) is 5.75 Å².